The molecule has 0 bridgehead atoms. The fourth-order valence-corrected chi connectivity index (χ4v) is 2.00. The van der Waals surface area contributed by atoms with E-state index in [0.717, 1.165) is 25.5 Å². The second-order valence-corrected chi connectivity index (χ2v) is 6.60. The molecule has 0 aliphatic carbocycles. The highest BCUT2D eigenvalue weighted by molar-refractivity contribution is 7.90. The summed E-state index contributed by atoms with van der Waals surface area (Å²) < 4.78 is 21.9. The van der Waals surface area contributed by atoms with Crippen LogP contribution in [0.5, 0.6) is 0 Å². The number of primary amides is 1. The second kappa shape index (κ2) is 8.20. The number of carbonyl (C=O) groups excluding carboxylic acids is 2. The van der Waals surface area contributed by atoms with Gasteiger partial charge in [-0.3, -0.25) is 14.9 Å². The van der Waals surface area contributed by atoms with Gasteiger partial charge in [0.15, 0.2) is 5.78 Å². The third-order valence-electron chi connectivity index (χ3n) is 2.45. The largest absolute Gasteiger partial charge is 0.368 e. The summed E-state index contributed by atoms with van der Waals surface area (Å²) in [5.41, 5.74) is 5.12. The van der Waals surface area contributed by atoms with Crippen molar-refractivity contribution in [2.45, 2.75) is 38.6 Å². The van der Waals surface area contributed by atoms with Crippen molar-refractivity contribution >= 4 is 21.5 Å². The van der Waals surface area contributed by atoms with Gasteiger partial charge in [-0.25, -0.2) is 8.42 Å². The molecule has 0 radical (unpaired) electrons. The first-order valence-electron chi connectivity index (χ1n) is 6.01. The predicted molar refractivity (Wildman–Crippen MR) is 69.8 cm³/mol. The first kappa shape index (κ1) is 17.1. The van der Waals surface area contributed by atoms with Crippen molar-refractivity contribution in [2.24, 2.45) is 5.73 Å². The second-order valence-electron chi connectivity index (χ2n) is 4.34. The number of nitrogens with one attached hydrogen (secondary N) is 1. The lowest BCUT2D eigenvalue weighted by atomic mass is 10.1. The maximum atomic E-state index is 11.7. The van der Waals surface area contributed by atoms with E-state index >= 15 is 0 Å². The topological polar surface area (TPSA) is 106 Å². The SMILES string of the molecule is CCCCCNC(C(N)=O)C(=O)CCS(C)(=O)=O. The van der Waals surface area contributed by atoms with Crippen LogP contribution in [0.3, 0.4) is 0 Å². The number of unbranched alkanes of at least 4 members (excludes halogenated alkanes) is 2. The molecule has 7 heteroatoms. The molecule has 0 rings (SSSR count). The highest BCUT2D eigenvalue weighted by atomic mass is 32.2. The van der Waals surface area contributed by atoms with Gasteiger partial charge in [-0.15, -0.1) is 0 Å². The fraction of sp³-hybridized carbons (Fsp3) is 0.818. The molecule has 3 N–H and O–H groups in total. The van der Waals surface area contributed by atoms with E-state index < -0.39 is 27.6 Å². The van der Waals surface area contributed by atoms with Crippen molar-refractivity contribution in [2.75, 3.05) is 18.6 Å². The molecular weight excluding hydrogens is 256 g/mol. The Morgan fingerprint density at radius 2 is 1.89 bits per heavy atom. The molecule has 0 aliphatic heterocycles. The van der Waals surface area contributed by atoms with Crippen LogP contribution >= 0.6 is 0 Å². The van der Waals surface area contributed by atoms with E-state index in [9.17, 15) is 18.0 Å². The van der Waals surface area contributed by atoms with Crippen molar-refractivity contribution in [3.05, 3.63) is 0 Å². The molecule has 6 nitrogen and oxygen atoms in total. The van der Waals surface area contributed by atoms with Crippen LogP contribution < -0.4 is 11.1 Å². The van der Waals surface area contributed by atoms with Gasteiger partial charge in [-0.1, -0.05) is 19.8 Å². The Morgan fingerprint density at radius 1 is 1.28 bits per heavy atom. The number of ketones is 1. The number of rotatable bonds is 10. The first-order chi connectivity index (χ1) is 8.28. The molecule has 0 spiro atoms. The van der Waals surface area contributed by atoms with E-state index in [4.69, 9.17) is 5.73 Å². The minimum absolute atomic E-state index is 0.187. The lowest BCUT2D eigenvalue weighted by molar-refractivity contribution is -0.129. The molecule has 0 heterocycles. The summed E-state index contributed by atoms with van der Waals surface area (Å²) in [5, 5.41) is 2.77. The minimum atomic E-state index is -3.21. The molecule has 1 unspecified atom stereocenters. The Morgan fingerprint density at radius 3 is 2.33 bits per heavy atom. The zero-order valence-corrected chi connectivity index (χ0v) is 11.8. The molecule has 1 amide bonds. The Bertz CT molecular complexity index is 379. The molecule has 0 fully saturated rings. The lowest BCUT2D eigenvalue weighted by Crippen LogP contribution is -2.47. The van der Waals surface area contributed by atoms with Crippen LogP contribution in [0.2, 0.25) is 0 Å². The van der Waals surface area contributed by atoms with Crippen molar-refractivity contribution in [1.82, 2.24) is 5.32 Å². The number of Topliss-reactive ketones (excluding diaryl/α,β-unsaturated/α-hetero) is 1. The molecule has 0 saturated heterocycles. The van der Waals surface area contributed by atoms with Crippen molar-refractivity contribution < 1.29 is 18.0 Å². The van der Waals surface area contributed by atoms with Crippen molar-refractivity contribution in [1.29, 1.82) is 0 Å². The standard InChI is InChI=1S/C11H22N2O4S/c1-3-4-5-7-13-10(11(12)15)9(14)6-8-18(2,16)17/h10,13H,3-8H2,1-2H3,(H2,12,15). The number of amides is 1. The molecule has 106 valence electrons. The maximum Gasteiger partial charge on any atom is 0.242 e. The van der Waals surface area contributed by atoms with Crippen LogP contribution in [0.4, 0.5) is 0 Å². The van der Waals surface area contributed by atoms with E-state index in [1.807, 2.05) is 6.92 Å². The maximum absolute atomic E-state index is 11.7. The zero-order valence-electron chi connectivity index (χ0n) is 10.9. The minimum Gasteiger partial charge on any atom is -0.368 e. The molecule has 1 atom stereocenters. The van der Waals surface area contributed by atoms with E-state index in [1.165, 1.54) is 0 Å². The smallest absolute Gasteiger partial charge is 0.242 e. The van der Waals surface area contributed by atoms with Gasteiger partial charge in [0.25, 0.3) is 0 Å². The Balaban J connectivity index is 4.24. The van der Waals surface area contributed by atoms with Crippen LogP contribution in [0.25, 0.3) is 0 Å². The van der Waals surface area contributed by atoms with E-state index in [0.29, 0.717) is 6.54 Å². The number of nitrogens with two attached hydrogens (primary N) is 1. The third kappa shape index (κ3) is 8.19. The molecule has 0 aliphatic rings. The van der Waals surface area contributed by atoms with Crippen molar-refractivity contribution in [3.8, 4) is 0 Å². The zero-order chi connectivity index (χ0) is 14.2. The summed E-state index contributed by atoms with van der Waals surface area (Å²) in [7, 11) is -3.21. The normalized spacial score (nSPS) is 13.2. The van der Waals surface area contributed by atoms with Gasteiger partial charge in [0.2, 0.25) is 5.91 Å². The average molecular weight is 278 g/mol. The van der Waals surface area contributed by atoms with Gasteiger partial charge < -0.3 is 5.73 Å². The summed E-state index contributed by atoms with van der Waals surface area (Å²) >= 11 is 0. The average Bonchev–Trinajstić information content (AvgIpc) is 2.24. The summed E-state index contributed by atoms with van der Waals surface area (Å²) in [4.78, 5) is 22.8. The molecule has 18 heavy (non-hydrogen) atoms. The molecule has 0 aromatic rings. The quantitative estimate of drug-likeness (QED) is 0.418. The molecular formula is C11H22N2O4S. The van der Waals surface area contributed by atoms with E-state index in [2.05, 4.69) is 5.32 Å². The van der Waals surface area contributed by atoms with Gasteiger partial charge >= 0.3 is 0 Å². The number of hydrogen-bond donors (Lipinski definition) is 2. The summed E-state index contributed by atoms with van der Waals surface area (Å²) in [5.74, 6) is -1.49. The summed E-state index contributed by atoms with van der Waals surface area (Å²) in [6.45, 7) is 2.56. The van der Waals surface area contributed by atoms with E-state index in [-0.39, 0.29) is 12.2 Å². The highest BCUT2D eigenvalue weighted by Gasteiger charge is 2.23. The Kier molecular flexibility index (Phi) is 7.77. The van der Waals surface area contributed by atoms with Gasteiger partial charge in [-0.05, 0) is 13.0 Å². The van der Waals surface area contributed by atoms with Crippen LogP contribution in [0, 0.1) is 0 Å². The van der Waals surface area contributed by atoms with Crippen LogP contribution in [-0.2, 0) is 19.4 Å². The monoisotopic (exact) mass is 278 g/mol. The summed E-state index contributed by atoms with van der Waals surface area (Å²) in [6.07, 6.45) is 3.74. The van der Waals surface area contributed by atoms with Crippen LogP contribution in [-0.4, -0.2) is 44.7 Å². The van der Waals surface area contributed by atoms with Gasteiger partial charge in [0, 0.05) is 12.7 Å². The van der Waals surface area contributed by atoms with E-state index in [1.54, 1.807) is 0 Å². The van der Waals surface area contributed by atoms with Gasteiger partial charge in [-0.2, -0.15) is 0 Å². The Labute approximate surface area is 108 Å². The lowest BCUT2D eigenvalue weighted by Gasteiger charge is -2.13. The van der Waals surface area contributed by atoms with Crippen LogP contribution in [0.1, 0.15) is 32.6 Å². The number of sulfone groups is 1. The number of hydrogen-bond acceptors (Lipinski definition) is 5. The third-order valence-corrected chi connectivity index (χ3v) is 3.40. The molecule has 0 saturated carbocycles. The van der Waals surface area contributed by atoms with Gasteiger partial charge in [0.05, 0.1) is 5.75 Å². The summed E-state index contributed by atoms with van der Waals surface area (Å²) in [6, 6.07) is -1.08. The first-order valence-corrected chi connectivity index (χ1v) is 8.07. The van der Waals surface area contributed by atoms with Crippen molar-refractivity contribution in [3.63, 3.8) is 0 Å². The fourth-order valence-electron chi connectivity index (χ4n) is 1.42. The van der Waals surface area contributed by atoms with Gasteiger partial charge in [0.1, 0.15) is 15.9 Å². The molecule has 0 aromatic heterocycles. The highest BCUT2D eigenvalue weighted by Crippen LogP contribution is 1.98. The predicted octanol–water partition coefficient (Wildman–Crippen LogP) is -0.376. The Hall–Kier alpha value is -0.950. The molecule has 0 aromatic carbocycles. The van der Waals surface area contributed by atoms with Crippen LogP contribution in [0.15, 0.2) is 0 Å². The number of carbonyl (C=O) groups is 2.